The highest BCUT2D eigenvalue weighted by Gasteiger charge is 2.15. The number of nitrogens with zero attached hydrogens (tertiary/aromatic N) is 2. The molecular formula is C10H15BrN2O2S. The smallest absolute Gasteiger partial charge is 0.353 e. The SMILES string of the molecule is Br.Cn1c(C(=O)O)csc1=NC1CCCC1. The van der Waals surface area contributed by atoms with Crippen molar-refractivity contribution in [1.82, 2.24) is 4.57 Å². The first-order chi connectivity index (χ1) is 7.18. The van der Waals surface area contributed by atoms with Gasteiger partial charge in [0.05, 0.1) is 6.04 Å². The zero-order valence-corrected chi connectivity index (χ0v) is 11.6. The van der Waals surface area contributed by atoms with E-state index in [9.17, 15) is 4.79 Å². The van der Waals surface area contributed by atoms with Gasteiger partial charge in [-0.25, -0.2) is 4.79 Å². The lowest BCUT2D eigenvalue weighted by atomic mass is 10.3. The van der Waals surface area contributed by atoms with E-state index in [0.717, 1.165) is 17.6 Å². The minimum Gasteiger partial charge on any atom is -0.477 e. The van der Waals surface area contributed by atoms with Crippen LogP contribution in [0.3, 0.4) is 0 Å². The number of rotatable bonds is 2. The van der Waals surface area contributed by atoms with Crippen LogP contribution in [-0.4, -0.2) is 21.7 Å². The molecule has 1 aliphatic rings. The Hall–Kier alpha value is -0.620. The fraction of sp³-hybridized carbons (Fsp3) is 0.600. The van der Waals surface area contributed by atoms with Crippen molar-refractivity contribution in [3.8, 4) is 0 Å². The Labute approximate surface area is 108 Å². The molecule has 0 atom stereocenters. The normalized spacial score (nSPS) is 17.4. The van der Waals surface area contributed by atoms with Crippen LogP contribution in [0.1, 0.15) is 36.2 Å². The Morgan fingerprint density at radius 3 is 2.69 bits per heavy atom. The molecule has 1 N–H and O–H groups in total. The Balaban J connectivity index is 0.00000128. The third kappa shape index (κ3) is 2.74. The van der Waals surface area contributed by atoms with Gasteiger partial charge in [0.1, 0.15) is 5.69 Å². The average Bonchev–Trinajstić information content (AvgIpc) is 2.78. The van der Waals surface area contributed by atoms with E-state index in [4.69, 9.17) is 5.11 Å². The molecule has 0 spiro atoms. The first-order valence-electron chi connectivity index (χ1n) is 5.10. The summed E-state index contributed by atoms with van der Waals surface area (Å²) in [6, 6.07) is 0.400. The molecule has 0 bridgehead atoms. The monoisotopic (exact) mass is 306 g/mol. The first kappa shape index (κ1) is 13.4. The molecule has 0 aromatic carbocycles. The zero-order chi connectivity index (χ0) is 10.8. The molecule has 2 rings (SSSR count). The minimum absolute atomic E-state index is 0. The quantitative estimate of drug-likeness (QED) is 0.911. The predicted molar refractivity (Wildman–Crippen MR) is 68.4 cm³/mol. The number of carboxylic acids is 1. The largest absolute Gasteiger partial charge is 0.477 e. The summed E-state index contributed by atoms with van der Waals surface area (Å²) in [7, 11) is 1.76. The van der Waals surface area contributed by atoms with Gasteiger partial charge < -0.3 is 9.67 Å². The van der Waals surface area contributed by atoms with Gasteiger partial charge in [0.25, 0.3) is 0 Å². The summed E-state index contributed by atoms with van der Waals surface area (Å²) in [6.07, 6.45) is 4.77. The Morgan fingerprint density at radius 1 is 1.56 bits per heavy atom. The van der Waals surface area contributed by atoms with Crippen LogP contribution >= 0.6 is 28.3 Å². The van der Waals surface area contributed by atoms with Gasteiger partial charge in [0.15, 0.2) is 4.80 Å². The Bertz CT molecular complexity index is 432. The molecule has 16 heavy (non-hydrogen) atoms. The molecule has 0 radical (unpaired) electrons. The van der Waals surface area contributed by atoms with E-state index in [0.29, 0.717) is 11.7 Å². The van der Waals surface area contributed by atoms with Crippen LogP contribution in [0, 0.1) is 0 Å². The van der Waals surface area contributed by atoms with Crippen LogP contribution in [0.2, 0.25) is 0 Å². The van der Waals surface area contributed by atoms with Crippen molar-refractivity contribution in [2.24, 2.45) is 12.0 Å². The number of halogens is 1. The number of aromatic nitrogens is 1. The third-order valence-electron chi connectivity index (χ3n) is 2.76. The first-order valence-corrected chi connectivity index (χ1v) is 5.98. The van der Waals surface area contributed by atoms with Crippen molar-refractivity contribution < 1.29 is 9.90 Å². The van der Waals surface area contributed by atoms with Gasteiger partial charge in [-0.2, -0.15) is 0 Å². The van der Waals surface area contributed by atoms with Crippen LogP contribution in [-0.2, 0) is 7.05 Å². The van der Waals surface area contributed by atoms with Crippen LogP contribution < -0.4 is 4.80 Å². The summed E-state index contributed by atoms with van der Waals surface area (Å²) >= 11 is 1.41. The molecule has 0 unspecified atom stereocenters. The standard InChI is InChI=1S/C10H14N2O2S.BrH/c1-12-8(9(13)14)6-15-10(12)11-7-4-2-3-5-7;/h6-7H,2-5H2,1H3,(H,13,14);1H. The van der Waals surface area contributed by atoms with Gasteiger partial charge in [0, 0.05) is 12.4 Å². The molecule has 6 heteroatoms. The van der Waals surface area contributed by atoms with Crippen LogP contribution in [0.25, 0.3) is 0 Å². The van der Waals surface area contributed by atoms with Crippen molar-refractivity contribution >= 4 is 34.3 Å². The fourth-order valence-electron chi connectivity index (χ4n) is 1.87. The number of hydrogen-bond acceptors (Lipinski definition) is 3. The summed E-state index contributed by atoms with van der Waals surface area (Å²) in [6.45, 7) is 0. The zero-order valence-electron chi connectivity index (χ0n) is 9.05. The van der Waals surface area contributed by atoms with Crippen LogP contribution in [0.4, 0.5) is 0 Å². The third-order valence-corrected chi connectivity index (χ3v) is 3.69. The average molecular weight is 307 g/mol. The predicted octanol–water partition coefficient (Wildman–Crippen LogP) is 2.21. The second-order valence-corrected chi connectivity index (χ2v) is 4.67. The molecular weight excluding hydrogens is 292 g/mol. The molecule has 1 heterocycles. The Morgan fingerprint density at radius 2 is 2.19 bits per heavy atom. The van der Waals surface area contributed by atoms with Crippen molar-refractivity contribution in [3.63, 3.8) is 0 Å². The minimum atomic E-state index is -0.887. The van der Waals surface area contributed by atoms with Crippen molar-refractivity contribution in [2.45, 2.75) is 31.7 Å². The highest BCUT2D eigenvalue weighted by Crippen LogP contribution is 2.20. The van der Waals surface area contributed by atoms with Gasteiger partial charge in [-0.05, 0) is 12.8 Å². The molecule has 90 valence electrons. The van der Waals surface area contributed by atoms with Gasteiger partial charge >= 0.3 is 5.97 Å². The van der Waals surface area contributed by atoms with Gasteiger partial charge in [-0.3, -0.25) is 4.99 Å². The molecule has 1 saturated carbocycles. The van der Waals surface area contributed by atoms with Gasteiger partial charge in [-0.1, -0.05) is 12.8 Å². The van der Waals surface area contributed by atoms with E-state index in [-0.39, 0.29) is 17.0 Å². The van der Waals surface area contributed by atoms with Crippen LogP contribution in [0.15, 0.2) is 10.4 Å². The maximum atomic E-state index is 10.8. The lowest BCUT2D eigenvalue weighted by Gasteiger charge is -2.00. The topological polar surface area (TPSA) is 54.6 Å². The van der Waals surface area contributed by atoms with E-state index < -0.39 is 5.97 Å². The van der Waals surface area contributed by atoms with E-state index in [2.05, 4.69) is 4.99 Å². The lowest BCUT2D eigenvalue weighted by molar-refractivity contribution is 0.0686. The molecule has 1 fully saturated rings. The molecule has 0 saturated heterocycles. The summed E-state index contributed by atoms with van der Waals surface area (Å²) in [4.78, 5) is 16.2. The molecule has 1 aromatic heterocycles. The lowest BCUT2D eigenvalue weighted by Crippen LogP contribution is -2.18. The van der Waals surface area contributed by atoms with Crippen LogP contribution in [0.5, 0.6) is 0 Å². The second-order valence-electron chi connectivity index (χ2n) is 3.84. The fourth-order valence-corrected chi connectivity index (χ4v) is 2.81. The second kappa shape index (κ2) is 5.63. The van der Waals surface area contributed by atoms with E-state index in [1.807, 2.05) is 0 Å². The van der Waals surface area contributed by atoms with E-state index in [1.54, 1.807) is 17.0 Å². The highest BCUT2D eigenvalue weighted by atomic mass is 79.9. The van der Waals surface area contributed by atoms with Crippen molar-refractivity contribution in [2.75, 3.05) is 0 Å². The molecule has 0 amide bonds. The number of carboxylic acid groups (broad SMARTS) is 1. The molecule has 1 aliphatic carbocycles. The molecule has 0 aliphatic heterocycles. The molecule has 1 aromatic rings. The van der Waals surface area contributed by atoms with Gasteiger partial charge in [0.2, 0.25) is 0 Å². The number of aromatic carboxylic acids is 1. The van der Waals surface area contributed by atoms with E-state index in [1.165, 1.54) is 24.2 Å². The van der Waals surface area contributed by atoms with Crippen molar-refractivity contribution in [1.29, 1.82) is 0 Å². The highest BCUT2D eigenvalue weighted by molar-refractivity contribution is 8.93. The Kier molecular flexibility index (Phi) is 4.73. The van der Waals surface area contributed by atoms with Crippen molar-refractivity contribution in [3.05, 3.63) is 15.9 Å². The van der Waals surface area contributed by atoms with E-state index >= 15 is 0 Å². The summed E-state index contributed by atoms with van der Waals surface area (Å²) in [5, 5.41) is 10.5. The summed E-state index contributed by atoms with van der Waals surface area (Å²) in [5.74, 6) is -0.887. The summed E-state index contributed by atoms with van der Waals surface area (Å²) in [5.41, 5.74) is 0.316. The number of carbonyl (C=O) groups is 1. The molecule has 4 nitrogen and oxygen atoms in total. The maximum Gasteiger partial charge on any atom is 0.353 e. The summed E-state index contributed by atoms with van der Waals surface area (Å²) < 4.78 is 1.66. The number of thiazole rings is 1. The number of hydrogen-bond donors (Lipinski definition) is 1. The van der Waals surface area contributed by atoms with Gasteiger partial charge in [-0.15, -0.1) is 28.3 Å². The maximum absolute atomic E-state index is 10.8.